The molecule has 1 N–H and O–H groups in total. The molecule has 42 heavy (non-hydrogen) atoms. The number of esters is 1. The van der Waals surface area contributed by atoms with Crippen molar-refractivity contribution in [1.29, 1.82) is 0 Å². The lowest BCUT2D eigenvalue weighted by Crippen LogP contribution is -2.49. The Kier molecular flexibility index (Phi) is 6.67. The molecule has 0 radical (unpaired) electrons. The van der Waals surface area contributed by atoms with E-state index in [0.717, 1.165) is 45.4 Å². The van der Waals surface area contributed by atoms with Gasteiger partial charge in [0.15, 0.2) is 6.61 Å². The van der Waals surface area contributed by atoms with Crippen LogP contribution in [0.3, 0.4) is 0 Å². The molecule has 7 nitrogen and oxygen atoms in total. The maximum atomic E-state index is 14.0. The van der Waals surface area contributed by atoms with Crippen molar-refractivity contribution < 1.29 is 37.1 Å². The number of hydrogen-bond donors (Lipinski definition) is 1. The van der Waals surface area contributed by atoms with Gasteiger partial charge in [0.2, 0.25) is 11.8 Å². The molecule has 0 aromatic heterocycles. The highest BCUT2D eigenvalue weighted by molar-refractivity contribution is 6.10. The maximum Gasteiger partial charge on any atom is 0.416 e. The zero-order chi connectivity index (χ0) is 29.9. The quantitative estimate of drug-likeness (QED) is 0.326. The van der Waals surface area contributed by atoms with Crippen LogP contribution in [0.2, 0.25) is 0 Å². The number of carbonyl (C=O) groups is 4. The van der Waals surface area contributed by atoms with Gasteiger partial charge in [-0.15, -0.1) is 0 Å². The Morgan fingerprint density at radius 3 is 1.79 bits per heavy atom. The zero-order valence-corrected chi connectivity index (χ0v) is 22.7. The van der Waals surface area contributed by atoms with Crippen LogP contribution in [0.15, 0.2) is 72.8 Å². The van der Waals surface area contributed by atoms with Gasteiger partial charge < -0.3 is 10.1 Å². The third kappa shape index (κ3) is 4.36. The highest BCUT2D eigenvalue weighted by atomic mass is 19.4. The van der Waals surface area contributed by atoms with Crippen molar-refractivity contribution >= 4 is 29.4 Å². The first-order valence-electron chi connectivity index (χ1n) is 13.7. The minimum absolute atomic E-state index is 0.116. The normalized spacial score (nSPS) is 22.9. The van der Waals surface area contributed by atoms with E-state index in [1.165, 1.54) is 6.07 Å². The van der Waals surface area contributed by atoms with Crippen molar-refractivity contribution in [2.45, 2.75) is 37.9 Å². The Morgan fingerprint density at radius 1 is 0.833 bits per heavy atom. The van der Waals surface area contributed by atoms with E-state index in [-0.39, 0.29) is 17.5 Å². The van der Waals surface area contributed by atoms with Gasteiger partial charge in [0, 0.05) is 17.5 Å². The fourth-order valence-electron chi connectivity index (χ4n) is 6.84. The molecule has 3 amide bonds. The first-order valence-corrected chi connectivity index (χ1v) is 13.7. The third-order valence-corrected chi connectivity index (χ3v) is 8.45. The van der Waals surface area contributed by atoms with E-state index < -0.39 is 65.8 Å². The monoisotopic (exact) mass is 576 g/mol. The molecule has 216 valence electrons. The summed E-state index contributed by atoms with van der Waals surface area (Å²) >= 11 is 0. The van der Waals surface area contributed by atoms with Gasteiger partial charge in [0.25, 0.3) is 5.91 Å². The molecule has 0 saturated carbocycles. The van der Waals surface area contributed by atoms with Crippen molar-refractivity contribution in [2.75, 3.05) is 11.9 Å². The number of nitrogens with zero attached hydrogens (tertiary/aromatic N) is 1. The number of nitrogens with one attached hydrogen (secondary N) is 1. The van der Waals surface area contributed by atoms with E-state index in [1.54, 1.807) is 13.8 Å². The first-order chi connectivity index (χ1) is 20.0. The number of ether oxygens (including phenoxy) is 1. The SMILES string of the molecule is CC(C)[C@@H](C(=O)OCC(=O)Nc1cccc(C(F)(F)F)c1)N1C(=O)[C@@H]2C3c4ccccc4C(c4ccccc43)[C@@H]2C1=O. The fraction of sp³-hybridized carbons (Fsp3) is 0.312. The topological polar surface area (TPSA) is 92.8 Å². The highest BCUT2D eigenvalue weighted by Crippen LogP contribution is 2.61. The lowest BCUT2D eigenvalue weighted by molar-refractivity contribution is -0.162. The number of imide groups is 1. The van der Waals surface area contributed by atoms with E-state index >= 15 is 0 Å². The molecule has 10 heteroatoms. The van der Waals surface area contributed by atoms with E-state index in [1.807, 2.05) is 48.5 Å². The van der Waals surface area contributed by atoms with Crippen LogP contribution in [-0.4, -0.2) is 41.2 Å². The summed E-state index contributed by atoms with van der Waals surface area (Å²) in [5, 5.41) is 2.28. The summed E-state index contributed by atoms with van der Waals surface area (Å²) < 4.78 is 44.3. The lowest BCUT2D eigenvalue weighted by atomic mass is 9.55. The van der Waals surface area contributed by atoms with Crippen LogP contribution in [0.4, 0.5) is 18.9 Å². The molecular formula is C32H27F3N2O5. The number of anilines is 1. The molecule has 0 unspecified atom stereocenters. The zero-order valence-electron chi connectivity index (χ0n) is 22.7. The smallest absolute Gasteiger partial charge is 0.416 e. The van der Waals surface area contributed by atoms with Crippen molar-refractivity contribution in [3.05, 3.63) is 101 Å². The van der Waals surface area contributed by atoms with Crippen LogP contribution in [0, 0.1) is 17.8 Å². The standard InChI is InChI=1S/C32H27F3N2O5/c1-16(2)28(31(41)42-15-23(38)36-18-9-7-8-17(14-18)32(33,34)35)37-29(39)26-24-19-10-3-4-11-20(19)25(27(26)30(37)40)22-13-6-5-12-21(22)24/h3-14,16,24-28H,15H2,1-2H3,(H,36,38)/t24?,25?,26-,27+,28-/m0/s1. The predicted molar refractivity (Wildman–Crippen MR) is 145 cm³/mol. The second-order valence-corrected chi connectivity index (χ2v) is 11.2. The average molecular weight is 577 g/mol. The molecular weight excluding hydrogens is 549 g/mol. The largest absolute Gasteiger partial charge is 0.454 e. The van der Waals surface area contributed by atoms with Crippen LogP contribution in [0.5, 0.6) is 0 Å². The van der Waals surface area contributed by atoms with Crippen LogP contribution >= 0.6 is 0 Å². The van der Waals surface area contributed by atoms with Gasteiger partial charge in [-0.2, -0.15) is 13.2 Å². The molecule has 0 spiro atoms. The molecule has 1 fully saturated rings. The number of halogens is 3. The van der Waals surface area contributed by atoms with Crippen molar-refractivity contribution in [1.82, 2.24) is 4.90 Å². The number of benzene rings is 3. The summed E-state index contributed by atoms with van der Waals surface area (Å²) in [6.45, 7) is 2.55. The number of likely N-dealkylation sites (tertiary alicyclic amines) is 1. The van der Waals surface area contributed by atoms with Gasteiger partial charge in [-0.05, 0) is 46.4 Å². The summed E-state index contributed by atoms with van der Waals surface area (Å²) in [5.74, 6) is -5.25. The van der Waals surface area contributed by atoms with E-state index in [0.29, 0.717) is 0 Å². The maximum absolute atomic E-state index is 14.0. The first kappa shape index (κ1) is 27.7. The van der Waals surface area contributed by atoms with Gasteiger partial charge in [0.1, 0.15) is 6.04 Å². The van der Waals surface area contributed by atoms with Crippen molar-refractivity contribution in [3.63, 3.8) is 0 Å². The molecule has 3 aliphatic carbocycles. The molecule has 3 atom stereocenters. The summed E-state index contributed by atoms with van der Waals surface area (Å²) in [6, 6.07) is 18.4. The Morgan fingerprint density at radius 2 is 1.33 bits per heavy atom. The van der Waals surface area contributed by atoms with E-state index in [4.69, 9.17) is 4.74 Å². The molecule has 7 rings (SSSR count). The second kappa shape index (κ2) is 10.1. The number of carbonyl (C=O) groups excluding carboxylic acids is 4. The van der Waals surface area contributed by atoms with Crippen LogP contribution < -0.4 is 5.32 Å². The van der Waals surface area contributed by atoms with Crippen molar-refractivity contribution in [2.24, 2.45) is 17.8 Å². The summed E-state index contributed by atoms with van der Waals surface area (Å²) in [5.41, 5.74) is 2.94. The molecule has 1 heterocycles. The fourth-order valence-corrected chi connectivity index (χ4v) is 6.84. The van der Waals surface area contributed by atoms with Gasteiger partial charge in [-0.25, -0.2) is 4.79 Å². The minimum Gasteiger partial charge on any atom is -0.454 e. The van der Waals surface area contributed by atoms with Crippen LogP contribution in [0.1, 0.15) is 53.5 Å². The predicted octanol–water partition coefficient (Wildman–Crippen LogP) is 5.10. The molecule has 3 aromatic carbocycles. The second-order valence-electron chi connectivity index (χ2n) is 11.2. The lowest BCUT2D eigenvalue weighted by Gasteiger charge is -2.45. The third-order valence-electron chi connectivity index (χ3n) is 8.45. The Balaban J connectivity index is 1.23. The van der Waals surface area contributed by atoms with Gasteiger partial charge in [-0.1, -0.05) is 68.4 Å². The number of amides is 3. The van der Waals surface area contributed by atoms with E-state index in [2.05, 4.69) is 5.32 Å². The number of alkyl halides is 3. The molecule has 1 saturated heterocycles. The summed E-state index contributed by atoms with van der Waals surface area (Å²) in [7, 11) is 0. The van der Waals surface area contributed by atoms with Gasteiger partial charge in [-0.3, -0.25) is 19.3 Å². The van der Waals surface area contributed by atoms with Gasteiger partial charge in [0.05, 0.1) is 17.4 Å². The number of hydrogen-bond acceptors (Lipinski definition) is 5. The minimum atomic E-state index is -4.59. The Bertz CT molecular complexity index is 1500. The Hall–Kier alpha value is -4.47. The van der Waals surface area contributed by atoms with Crippen LogP contribution in [0.25, 0.3) is 0 Å². The molecule has 2 bridgehead atoms. The summed E-state index contributed by atoms with van der Waals surface area (Å²) in [4.78, 5) is 54.9. The van der Waals surface area contributed by atoms with Gasteiger partial charge >= 0.3 is 12.1 Å². The molecule has 4 aliphatic rings. The molecule has 1 aliphatic heterocycles. The van der Waals surface area contributed by atoms with E-state index in [9.17, 15) is 32.3 Å². The highest BCUT2D eigenvalue weighted by Gasteiger charge is 2.63. The van der Waals surface area contributed by atoms with Crippen molar-refractivity contribution in [3.8, 4) is 0 Å². The summed E-state index contributed by atoms with van der Waals surface area (Å²) in [6.07, 6.45) is -4.59. The molecule has 3 aromatic rings. The number of rotatable bonds is 6. The Labute approximate surface area is 239 Å². The van der Waals surface area contributed by atoms with Crippen LogP contribution in [-0.2, 0) is 30.1 Å². The average Bonchev–Trinajstić information content (AvgIpc) is 3.21.